The van der Waals surface area contributed by atoms with Gasteiger partial charge in [0.1, 0.15) is 10.6 Å². The fourth-order valence-electron chi connectivity index (χ4n) is 2.66. The summed E-state index contributed by atoms with van der Waals surface area (Å²) in [6.45, 7) is 7.08. The second kappa shape index (κ2) is 6.13. The number of nitriles is 1. The molecule has 21 heavy (non-hydrogen) atoms. The van der Waals surface area contributed by atoms with Crippen molar-refractivity contribution >= 4 is 10.0 Å². The number of hydrogen-bond donors (Lipinski definition) is 0. The van der Waals surface area contributed by atoms with E-state index < -0.39 is 10.0 Å². The quantitative estimate of drug-likeness (QED) is 0.820. The third-order valence-electron chi connectivity index (χ3n) is 3.82. The van der Waals surface area contributed by atoms with Crippen LogP contribution in [-0.2, 0) is 10.0 Å². The van der Waals surface area contributed by atoms with E-state index in [9.17, 15) is 8.42 Å². The number of sulfonamides is 1. The van der Waals surface area contributed by atoms with E-state index in [2.05, 4.69) is 11.2 Å². The third-order valence-corrected chi connectivity index (χ3v) is 5.96. The summed E-state index contributed by atoms with van der Waals surface area (Å²) in [6.07, 6.45) is 0.743. The van der Waals surface area contributed by atoms with Crippen LogP contribution in [-0.4, -0.2) is 55.0 Å². The predicted octanol–water partition coefficient (Wildman–Crippen LogP) is 0.900. The summed E-state index contributed by atoms with van der Waals surface area (Å²) in [7, 11) is -3.58. The Bertz CT molecular complexity index is 619. The number of piperazine rings is 1. The van der Waals surface area contributed by atoms with Gasteiger partial charge >= 0.3 is 0 Å². The first kappa shape index (κ1) is 15.9. The number of aryl methyl sites for hydroxylation is 2. The molecule has 1 fully saturated rings. The van der Waals surface area contributed by atoms with Crippen LogP contribution in [0.5, 0.6) is 0 Å². The lowest BCUT2D eigenvalue weighted by molar-refractivity contribution is 0.159. The van der Waals surface area contributed by atoms with Crippen LogP contribution < -0.4 is 0 Å². The van der Waals surface area contributed by atoms with Crippen molar-refractivity contribution in [2.24, 2.45) is 0 Å². The summed E-state index contributed by atoms with van der Waals surface area (Å²) in [5.41, 5.74) is 0.387. The van der Waals surface area contributed by atoms with Crippen LogP contribution >= 0.6 is 0 Å². The van der Waals surface area contributed by atoms with E-state index in [0.717, 1.165) is 6.42 Å². The molecule has 1 aromatic rings. The first-order valence-electron chi connectivity index (χ1n) is 6.98. The van der Waals surface area contributed by atoms with E-state index in [-0.39, 0.29) is 10.9 Å². The number of rotatable bonds is 4. The third kappa shape index (κ3) is 2.95. The summed E-state index contributed by atoms with van der Waals surface area (Å²) in [5, 5.41) is 12.8. The Balaban J connectivity index is 2.14. The van der Waals surface area contributed by atoms with Gasteiger partial charge in [0.05, 0.1) is 12.1 Å². The summed E-state index contributed by atoms with van der Waals surface area (Å²) in [4.78, 5) is 2.20. The Morgan fingerprint density at radius 2 is 1.95 bits per heavy atom. The topological polar surface area (TPSA) is 90.4 Å². The highest BCUT2D eigenvalue weighted by Crippen LogP contribution is 2.24. The smallest absolute Gasteiger partial charge is 0.248 e. The summed E-state index contributed by atoms with van der Waals surface area (Å²) >= 11 is 0. The average Bonchev–Trinajstić information content (AvgIpc) is 2.80. The molecule has 7 nitrogen and oxygen atoms in total. The average molecular weight is 312 g/mol. The summed E-state index contributed by atoms with van der Waals surface area (Å²) in [6, 6.07) is 2.11. The van der Waals surface area contributed by atoms with E-state index >= 15 is 0 Å². The van der Waals surface area contributed by atoms with Crippen molar-refractivity contribution in [3.05, 3.63) is 11.5 Å². The summed E-state index contributed by atoms with van der Waals surface area (Å²) < 4.78 is 31.7. The molecule has 0 saturated carbocycles. The van der Waals surface area contributed by atoms with Crippen molar-refractivity contribution in [1.29, 1.82) is 5.26 Å². The van der Waals surface area contributed by atoms with Crippen molar-refractivity contribution in [1.82, 2.24) is 14.4 Å². The number of aromatic nitrogens is 1. The van der Waals surface area contributed by atoms with Gasteiger partial charge in [-0.15, -0.1) is 0 Å². The lowest BCUT2D eigenvalue weighted by Gasteiger charge is -2.35. The van der Waals surface area contributed by atoms with Crippen LogP contribution in [0.15, 0.2) is 9.42 Å². The molecule has 0 aromatic carbocycles. The van der Waals surface area contributed by atoms with Crippen molar-refractivity contribution in [3.8, 4) is 6.07 Å². The van der Waals surface area contributed by atoms with Crippen LogP contribution in [0.1, 0.15) is 24.8 Å². The lowest BCUT2D eigenvalue weighted by Crippen LogP contribution is -2.51. The second-order valence-electron chi connectivity index (χ2n) is 5.15. The lowest BCUT2D eigenvalue weighted by atomic mass is 10.2. The fraction of sp³-hybridized carbons (Fsp3) is 0.692. The molecule has 116 valence electrons. The van der Waals surface area contributed by atoms with Gasteiger partial charge in [-0.05, 0) is 20.3 Å². The minimum Gasteiger partial charge on any atom is -0.360 e. The molecule has 0 spiro atoms. The zero-order valence-corrected chi connectivity index (χ0v) is 13.4. The molecule has 0 radical (unpaired) electrons. The maximum absolute atomic E-state index is 12.6. The molecule has 1 aromatic heterocycles. The van der Waals surface area contributed by atoms with Gasteiger partial charge in [-0.1, -0.05) is 12.1 Å². The van der Waals surface area contributed by atoms with E-state index in [1.165, 1.54) is 4.31 Å². The molecule has 0 amide bonds. The molecule has 1 saturated heterocycles. The van der Waals surface area contributed by atoms with Crippen LogP contribution in [0.4, 0.5) is 0 Å². The Kier molecular flexibility index (Phi) is 4.66. The van der Waals surface area contributed by atoms with Gasteiger partial charge in [-0.3, -0.25) is 4.90 Å². The molecular weight excluding hydrogens is 292 g/mol. The van der Waals surface area contributed by atoms with Gasteiger partial charge < -0.3 is 4.52 Å². The van der Waals surface area contributed by atoms with E-state index in [1.807, 2.05) is 11.8 Å². The molecule has 1 aliphatic rings. The fourth-order valence-corrected chi connectivity index (χ4v) is 4.37. The minimum absolute atomic E-state index is 0.145. The standard InChI is InChI=1S/C13H20N4O3S/c1-4-12(9-14)16-5-7-17(8-6-16)21(18,19)13-10(2)15-20-11(13)3/h12H,4-8H2,1-3H3. The van der Waals surface area contributed by atoms with E-state index in [1.54, 1.807) is 13.8 Å². The molecule has 0 bridgehead atoms. The predicted molar refractivity (Wildman–Crippen MR) is 76.0 cm³/mol. The SMILES string of the molecule is CCC(C#N)N1CCN(S(=O)(=O)c2c(C)noc2C)CC1. The van der Waals surface area contributed by atoms with Gasteiger partial charge in [-0.2, -0.15) is 9.57 Å². The Morgan fingerprint density at radius 1 is 1.33 bits per heavy atom. The molecule has 0 aliphatic carbocycles. The molecule has 1 atom stereocenters. The molecule has 1 aliphatic heterocycles. The number of nitrogens with zero attached hydrogens (tertiary/aromatic N) is 4. The Hall–Kier alpha value is -1.43. The Labute approximate surface area is 125 Å². The zero-order chi connectivity index (χ0) is 15.6. The van der Waals surface area contributed by atoms with Crippen LogP contribution in [0.2, 0.25) is 0 Å². The van der Waals surface area contributed by atoms with Gasteiger partial charge in [0, 0.05) is 26.2 Å². The van der Waals surface area contributed by atoms with Gasteiger partial charge in [0.25, 0.3) is 0 Å². The van der Waals surface area contributed by atoms with Crippen molar-refractivity contribution in [3.63, 3.8) is 0 Å². The molecule has 2 rings (SSSR count). The van der Waals surface area contributed by atoms with Gasteiger partial charge in [0.2, 0.25) is 10.0 Å². The highest BCUT2D eigenvalue weighted by molar-refractivity contribution is 7.89. The monoisotopic (exact) mass is 312 g/mol. The second-order valence-corrected chi connectivity index (χ2v) is 7.02. The minimum atomic E-state index is -3.58. The Morgan fingerprint density at radius 3 is 2.38 bits per heavy atom. The van der Waals surface area contributed by atoms with E-state index in [0.29, 0.717) is 37.6 Å². The first-order chi connectivity index (χ1) is 9.91. The molecule has 8 heteroatoms. The van der Waals surface area contributed by atoms with Gasteiger partial charge in [0.15, 0.2) is 5.76 Å². The van der Waals surface area contributed by atoms with Crippen LogP contribution in [0.3, 0.4) is 0 Å². The van der Waals surface area contributed by atoms with Crippen molar-refractivity contribution in [2.75, 3.05) is 26.2 Å². The zero-order valence-electron chi connectivity index (χ0n) is 12.5. The normalized spacial score (nSPS) is 19.3. The van der Waals surface area contributed by atoms with Gasteiger partial charge in [-0.25, -0.2) is 8.42 Å². The van der Waals surface area contributed by atoms with Crippen molar-refractivity contribution in [2.45, 2.75) is 38.1 Å². The molecule has 1 unspecified atom stereocenters. The number of hydrogen-bond acceptors (Lipinski definition) is 6. The van der Waals surface area contributed by atoms with E-state index in [4.69, 9.17) is 9.78 Å². The highest BCUT2D eigenvalue weighted by atomic mass is 32.2. The molecule has 2 heterocycles. The maximum Gasteiger partial charge on any atom is 0.248 e. The highest BCUT2D eigenvalue weighted by Gasteiger charge is 2.34. The summed E-state index contributed by atoms with van der Waals surface area (Å²) in [5.74, 6) is 0.318. The first-order valence-corrected chi connectivity index (χ1v) is 8.42. The van der Waals surface area contributed by atoms with Crippen LogP contribution in [0.25, 0.3) is 0 Å². The largest absolute Gasteiger partial charge is 0.360 e. The molecular formula is C13H20N4O3S. The van der Waals surface area contributed by atoms with Crippen LogP contribution in [0, 0.1) is 25.2 Å². The van der Waals surface area contributed by atoms with Crippen molar-refractivity contribution < 1.29 is 12.9 Å². The molecule has 0 N–H and O–H groups in total. The maximum atomic E-state index is 12.6.